The van der Waals surface area contributed by atoms with Gasteiger partial charge in [0.15, 0.2) is 0 Å². The van der Waals surface area contributed by atoms with E-state index in [1.807, 2.05) is 0 Å². The van der Waals surface area contributed by atoms with Crippen molar-refractivity contribution in [2.75, 3.05) is 6.61 Å². The van der Waals surface area contributed by atoms with Gasteiger partial charge in [-0.3, -0.25) is 0 Å². The highest BCUT2D eigenvalue weighted by atomic mass is 32.1. The predicted molar refractivity (Wildman–Crippen MR) is 47.1 cm³/mol. The molecule has 2 heteroatoms. The van der Waals surface area contributed by atoms with E-state index < -0.39 is 0 Å². The molecule has 0 saturated carbocycles. The molecule has 0 radical (unpaired) electrons. The lowest BCUT2D eigenvalue weighted by atomic mass is 9.90. The van der Waals surface area contributed by atoms with Gasteiger partial charge in [0, 0.05) is 10.8 Å². The van der Waals surface area contributed by atoms with E-state index in [2.05, 4.69) is 11.4 Å². The van der Waals surface area contributed by atoms with Gasteiger partial charge >= 0.3 is 0 Å². The highest BCUT2D eigenvalue weighted by Crippen LogP contribution is 2.34. The monoisotopic (exact) mass is 168 g/mol. The second kappa shape index (κ2) is 2.95. The normalized spacial score (nSPS) is 23.2. The number of hydrogen-bond acceptors (Lipinski definition) is 2. The zero-order valence-electron chi connectivity index (χ0n) is 6.42. The Bertz CT molecular complexity index is 241. The van der Waals surface area contributed by atoms with Gasteiger partial charge < -0.3 is 5.11 Å². The molecular formula is C9H12OS. The third kappa shape index (κ3) is 1.21. The molecule has 0 saturated heterocycles. The first-order valence-corrected chi connectivity index (χ1v) is 4.97. The minimum atomic E-state index is 0.327. The first kappa shape index (κ1) is 7.32. The van der Waals surface area contributed by atoms with Crippen molar-refractivity contribution in [2.24, 2.45) is 0 Å². The van der Waals surface area contributed by atoms with Crippen molar-refractivity contribution in [3.8, 4) is 0 Å². The summed E-state index contributed by atoms with van der Waals surface area (Å²) in [7, 11) is 0. The number of aliphatic hydroxyl groups excluding tert-OH is 1. The summed E-state index contributed by atoms with van der Waals surface area (Å²) in [6.45, 7) is 0.327. The maximum atomic E-state index is 9.06. The SMILES string of the molecule is OC[C@@H]1CCCc2ccsc21. The molecule has 1 N–H and O–H groups in total. The first-order chi connectivity index (χ1) is 5.42. The average molecular weight is 168 g/mol. The Kier molecular flexibility index (Phi) is 1.96. The molecule has 0 aliphatic heterocycles. The van der Waals surface area contributed by atoms with Gasteiger partial charge in [0.05, 0.1) is 6.61 Å². The number of hydrogen-bond donors (Lipinski definition) is 1. The topological polar surface area (TPSA) is 20.2 Å². The van der Waals surface area contributed by atoms with Crippen molar-refractivity contribution in [1.82, 2.24) is 0 Å². The van der Waals surface area contributed by atoms with E-state index in [1.54, 1.807) is 11.3 Å². The number of fused-ring (bicyclic) bond motifs is 1. The zero-order chi connectivity index (χ0) is 7.68. The number of aryl methyl sites for hydroxylation is 1. The van der Waals surface area contributed by atoms with Gasteiger partial charge in [0.2, 0.25) is 0 Å². The van der Waals surface area contributed by atoms with Crippen molar-refractivity contribution in [3.05, 3.63) is 21.9 Å². The van der Waals surface area contributed by atoms with Crippen molar-refractivity contribution in [2.45, 2.75) is 25.2 Å². The van der Waals surface area contributed by atoms with Crippen LogP contribution < -0.4 is 0 Å². The summed E-state index contributed by atoms with van der Waals surface area (Å²) in [5.41, 5.74) is 1.47. The van der Waals surface area contributed by atoms with Gasteiger partial charge in [-0.1, -0.05) is 0 Å². The van der Waals surface area contributed by atoms with Crippen LogP contribution in [-0.2, 0) is 6.42 Å². The molecule has 0 fully saturated rings. The van der Waals surface area contributed by atoms with Gasteiger partial charge in [-0.25, -0.2) is 0 Å². The van der Waals surface area contributed by atoms with E-state index in [-0.39, 0.29) is 0 Å². The predicted octanol–water partition coefficient (Wildman–Crippen LogP) is 2.16. The summed E-state index contributed by atoms with van der Waals surface area (Å²) >= 11 is 1.80. The van der Waals surface area contributed by atoms with E-state index >= 15 is 0 Å². The molecule has 1 nitrogen and oxygen atoms in total. The summed E-state index contributed by atoms with van der Waals surface area (Å²) in [4.78, 5) is 1.43. The van der Waals surface area contributed by atoms with Crippen molar-refractivity contribution < 1.29 is 5.11 Å². The minimum absolute atomic E-state index is 0.327. The molecule has 1 aliphatic carbocycles. The smallest absolute Gasteiger partial charge is 0.0507 e. The fourth-order valence-electron chi connectivity index (χ4n) is 1.76. The van der Waals surface area contributed by atoms with Gasteiger partial charge in [0.1, 0.15) is 0 Å². The summed E-state index contributed by atoms with van der Waals surface area (Å²) < 4.78 is 0. The van der Waals surface area contributed by atoms with E-state index in [0.717, 1.165) is 0 Å². The lowest BCUT2D eigenvalue weighted by Crippen LogP contribution is -2.09. The molecule has 1 aliphatic rings. The van der Waals surface area contributed by atoms with Crippen LogP contribution >= 0.6 is 11.3 Å². The molecule has 0 amide bonds. The first-order valence-electron chi connectivity index (χ1n) is 4.09. The van der Waals surface area contributed by atoms with Crippen LogP contribution in [0, 0.1) is 0 Å². The maximum Gasteiger partial charge on any atom is 0.0507 e. The van der Waals surface area contributed by atoms with Crippen LogP contribution in [-0.4, -0.2) is 11.7 Å². The Labute approximate surface area is 70.7 Å². The van der Waals surface area contributed by atoms with Crippen molar-refractivity contribution in [3.63, 3.8) is 0 Å². The van der Waals surface area contributed by atoms with Crippen molar-refractivity contribution in [1.29, 1.82) is 0 Å². The summed E-state index contributed by atoms with van der Waals surface area (Å²) in [5, 5.41) is 11.2. The van der Waals surface area contributed by atoms with Crippen LogP contribution in [0.3, 0.4) is 0 Å². The van der Waals surface area contributed by atoms with Gasteiger partial charge in [-0.2, -0.15) is 0 Å². The van der Waals surface area contributed by atoms with Crippen LogP contribution in [0.15, 0.2) is 11.4 Å². The fraction of sp³-hybridized carbons (Fsp3) is 0.556. The van der Waals surface area contributed by atoms with Crippen LogP contribution in [0.2, 0.25) is 0 Å². The Morgan fingerprint density at radius 1 is 1.64 bits per heavy atom. The third-order valence-electron chi connectivity index (χ3n) is 2.37. The summed E-state index contributed by atoms with van der Waals surface area (Å²) in [5.74, 6) is 0.443. The van der Waals surface area contributed by atoms with E-state index in [4.69, 9.17) is 5.11 Å². The lowest BCUT2D eigenvalue weighted by molar-refractivity contribution is 0.255. The highest BCUT2D eigenvalue weighted by molar-refractivity contribution is 7.10. The molecule has 0 spiro atoms. The molecule has 1 aromatic rings. The highest BCUT2D eigenvalue weighted by Gasteiger charge is 2.19. The Balaban J connectivity index is 2.32. The molecule has 0 aromatic carbocycles. The Morgan fingerprint density at radius 3 is 3.36 bits per heavy atom. The molecule has 1 aromatic heterocycles. The van der Waals surface area contributed by atoms with E-state index in [9.17, 15) is 0 Å². The van der Waals surface area contributed by atoms with Gasteiger partial charge in [-0.05, 0) is 36.3 Å². The molecule has 2 rings (SSSR count). The second-order valence-electron chi connectivity index (χ2n) is 3.08. The van der Waals surface area contributed by atoms with Gasteiger partial charge in [0.25, 0.3) is 0 Å². The third-order valence-corrected chi connectivity index (χ3v) is 3.49. The average Bonchev–Trinajstić information content (AvgIpc) is 2.50. The molecular weight excluding hydrogens is 156 g/mol. The number of thiophene rings is 1. The van der Waals surface area contributed by atoms with Crippen LogP contribution in [0.25, 0.3) is 0 Å². The van der Waals surface area contributed by atoms with Gasteiger partial charge in [-0.15, -0.1) is 11.3 Å². The van der Waals surface area contributed by atoms with Crippen molar-refractivity contribution >= 4 is 11.3 Å². The molecule has 1 heterocycles. The van der Waals surface area contributed by atoms with Crippen LogP contribution in [0.4, 0.5) is 0 Å². The summed E-state index contributed by atoms with van der Waals surface area (Å²) in [6, 6.07) is 2.20. The fourth-order valence-corrected chi connectivity index (χ4v) is 2.84. The molecule has 1 atom stereocenters. The second-order valence-corrected chi connectivity index (χ2v) is 4.03. The molecule has 11 heavy (non-hydrogen) atoms. The maximum absolute atomic E-state index is 9.06. The Morgan fingerprint density at radius 2 is 2.55 bits per heavy atom. The van der Waals surface area contributed by atoms with Crippen LogP contribution in [0.1, 0.15) is 29.2 Å². The standard InChI is InChI=1S/C9H12OS/c10-6-8-3-1-2-7-4-5-11-9(7)8/h4-5,8,10H,1-3,6H2/t8-/m0/s1. The number of aliphatic hydroxyl groups is 1. The minimum Gasteiger partial charge on any atom is -0.396 e. The number of rotatable bonds is 1. The quantitative estimate of drug-likeness (QED) is 0.681. The largest absolute Gasteiger partial charge is 0.396 e. The molecule has 0 bridgehead atoms. The lowest BCUT2D eigenvalue weighted by Gasteiger charge is -2.19. The van der Waals surface area contributed by atoms with E-state index in [1.165, 1.54) is 29.7 Å². The van der Waals surface area contributed by atoms with Crippen LogP contribution in [0.5, 0.6) is 0 Å². The summed E-state index contributed by atoms with van der Waals surface area (Å²) in [6.07, 6.45) is 3.63. The Hall–Kier alpha value is -0.340. The molecule has 60 valence electrons. The van der Waals surface area contributed by atoms with E-state index in [0.29, 0.717) is 12.5 Å². The molecule has 0 unspecified atom stereocenters. The zero-order valence-corrected chi connectivity index (χ0v) is 7.23.